The van der Waals surface area contributed by atoms with Crippen molar-refractivity contribution in [3.8, 4) is 0 Å². The standard InChI is InChI=1S/C36H37ClIN3O4S/c37-33-19-11-10-14-28(33)25-40(34(24-27-12-4-1-5-13-27)36(43)39-30-15-6-2-7-16-30)35(42)26-41(31-22-20-29(38)21-23-31)46(44,45)32-17-8-3-9-18-32/h1,3-5,8-14,17-23,30,34H,2,6-7,15-16,24-26H2,(H,39,43). The number of benzene rings is 4. The quantitative estimate of drug-likeness (QED) is 0.154. The largest absolute Gasteiger partial charge is 0.352 e. The zero-order chi connectivity index (χ0) is 32.5. The van der Waals surface area contributed by atoms with Gasteiger partial charge in [-0.1, -0.05) is 97.6 Å². The summed E-state index contributed by atoms with van der Waals surface area (Å²) in [4.78, 5) is 30.3. The molecule has 4 aromatic rings. The van der Waals surface area contributed by atoms with Crippen molar-refractivity contribution in [3.05, 3.63) is 129 Å². The lowest BCUT2D eigenvalue weighted by molar-refractivity contribution is -0.140. The third-order valence-electron chi connectivity index (χ3n) is 8.25. The Morgan fingerprint density at radius 2 is 1.43 bits per heavy atom. The van der Waals surface area contributed by atoms with Crippen molar-refractivity contribution in [1.29, 1.82) is 0 Å². The maximum atomic E-state index is 14.6. The molecule has 0 spiro atoms. The molecule has 1 N–H and O–H groups in total. The third-order valence-corrected chi connectivity index (χ3v) is 11.1. The van der Waals surface area contributed by atoms with Gasteiger partial charge in [0, 0.05) is 27.6 Å². The van der Waals surface area contributed by atoms with Gasteiger partial charge >= 0.3 is 0 Å². The molecular weight excluding hydrogens is 733 g/mol. The average molecular weight is 770 g/mol. The maximum absolute atomic E-state index is 14.6. The first-order chi connectivity index (χ1) is 22.2. The van der Waals surface area contributed by atoms with Gasteiger partial charge in [0.25, 0.3) is 10.0 Å². The number of rotatable bonds is 12. The molecule has 0 heterocycles. The highest BCUT2D eigenvalue weighted by Gasteiger charge is 2.35. The first kappa shape index (κ1) is 33.9. The molecule has 5 rings (SSSR count). The molecule has 46 heavy (non-hydrogen) atoms. The van der Waals surface area contributed by atoms with Crippen molar-refractivity contribution in [2.45, 2.75) is 62.0 Å². The lowest BCUT2D eigenvalue weighted by Gasteiger charge is -2.35. The smallest absolute Gasteiger partial charge is 0.264 e. The lowest BCUT2D eigenvalue weighted by Crippen LogP contribution is -2.55. The Morgan fingerprint density at radius 3 is 2.09 bits per heavy atom. The fourth-order valence-electron chi connectivity index (χ4n) is 5.76. The summed E-state index contributed by atoms with van der Waals surface area (Å²) < 4.78 is 30.2. The number of nitrogens with zero attached hydrogens (tertiary/aromatic N) is 2. The van der Waals surface area contributed by atoms with Crippen molar-refractivity contribution >= 4 is 61.7 Å². The lowest BCUT2D eigenvalue weighted by atomic mass is 9.94. The van der Waals surface area contributed by atoms with E-state index >= 15 is 0 Å². The van der Waals surface area contributed by atoms with E-state index in [1.54, 1.807) is 54.6 Å². The topological polar surface area (TPSA) is 86.8 Å². The normalized spacial score (nSPS) is 14.3. The van der Waals surface area contributed by atoms with Crippen LogP contribution in [0, 0.1) is 3.57 Å². The number of carbonyl (C=O) groups excluding carboxylic acids is 2. The second-order valence-corrected chi connectivity index (χ2v) is 15.0. The van der Waals surface area contributed by atoms with Gasteiger partial charge in [-0.05, 0) is 89.0 Å². The molecule has 1 atom stereocenters. The molecule has 1 unspecified atom stereocenters. The van der Waals surface area contributed by atoms with Gasteiger partial charge in [-0.2, -0.15) is 0 Å². The molecule has 0 aromatic heterocycles. The number of anilines is 1. The number of hydrogen-bond acceptors (Lipinski definition) is 4. The summed E-state index contributed by atoms with van der Waals surface area (Å²) in [5.74, 6) is -0.777. The van der Waals surface area contributed by atoms with Crippen molar-refractivity contribution in [1.82, 2.24) is 10.2 Å². The molecular formula is C36H37ClIN3O4S. The average Bonchev–Trinajstić information content (AvgIpc) is 3.07. The van der Waals surface area contributed by atoms with Gasteiger partial charge in [0.05, 0.1) is 10.6 Å². The van der Waals surface area contributed by atoms with Crippen molar-refractivity contribution in [2.75, 3.05) is 10.8 Å². The number of hydrogen-bond donors (Lipinski definition) is 1. The minimum atomic E-state index is -4.15. The summed E-state index contributed by atoms with van der Waals surface area (Å²) >= 11 is 8.75. The molecule has 0 aliphatic heterocycles. The number of carbonyl (C=O) groups is 2. The van der Waals surface area contributed by atoms with E-state index in [4.69, 9.17) is 11.6 Å². The number of halogens is 2. The Labute approximate surface area is 290 Å². The Hall–Kier alpha value is -3.41. The van der Waals surface area contributed by atoms with E-state index in [0.29, 0.717) is 16.3 Å². The summed E-state index contributed by atoms with van der Waals surface area (Å²) in [6.45, 7) is -0.482. The highest BCUT2D eigenvalue weighted by atomic mass is 127. The van der Waals surface area contributed by atoms with E-state index in [0.717, 1.165) is 45.5 Å². The molecule has 0 bridgehead atoms. The van der Waals surface area contributed by atoms with Crippen LogP contribution in [0.5, 0.6) is 0 Å². The summed E-state index contributed by atoms with van der Waals surface area (Å²) in [7, 11) is -4.15. The van der Waals surface area contributed by atoms with Crippen LogP contribution in [0.1, 0.15) is 43.2 Å². The van der Waals surface area contributed by atoms with Crippen LogP contribution in [-0.2, 0) is 32.6 Å². The highest BCUT2D eigenvalue weighted by molar-refractivity contribution is 14.1. The molecule has 2 amide bonds. The summed E-state index contributed by atoms with van der Waals surface area (Å²) in [5, 5.41) is 3.68. The van der Waals surface area contributed by atoms with Crippen LogP contribution in [0.2, 0.25) is 5.02 Å². The summed E-state index contributed by atoms with van der Waals surface area (Å²) in [5.41, 5.74) is 1.89. The predicted octanol–water partition coefficient (Wildman–Crippen LogP) is 7.23. The summed E-state index contributed by atoms with van der Waals surface area (Å²) in [6, 6.07) is 30.9. The van der Waals surface area contributed by atoms with E-state index in [9.17, 15) is 18.0 Å². The molecule has 7 nitrogen and oxygen atoms in total. The predicted molar refractivity (Wildman–Crippen MR) is 191 cm³/mol. The van der Waals surface area contributed by atoms with E-state index in [-0.39, 0.29) is 29.8 Å². The molecule has 0 saturated heterocycles. The van der Waals surface area contributed by atoms with Crippen molar-refractivity contribution < 1.29 is 18.0 Å². The van der Waals surface area contributed by atoms with E-state index in [1.807, 2.05) is 42.5 Å². The SMILES string of the molecule is O=C(NC1CCCCC1)C(Cc1ccccc1)N(Cc1ccccc1Cl)C(=O)CN(c1ccc(I)cc1)S(=O)(=O)c1ccccc1. The first-order valence-electron chi connectivity index (χ1n) is 15.4. The molecule has 1 fully saturated rings. The van der Waals surface area contributed by atoms with Gasteiger partial charge < -0.3 is 10.2 Å². The van der Waals surface area contributed by atoms with Gasteiger partial charge in [-0.15, -0.1) is 0 Å². The van der Waals surface area contributed by atoms with E-state index in [1.165, 1.54) is 17.0 Å². The van der Waals surface area contributed by atoms with Crippen LogP contribution in [0.4, 0.5) is 5.69 Å². The Bertz CT molecular complexity index is 1720. The Kier molecular flexibility index (Phi) is 11.8. The maximum Gasteiger partial charge on any atom is 0.264 e. The zero-order valence-corrected chi connectivity index (χ0v) is 29.1. The van der Waals surface area contributed by atoms with Crippen LogP contribution in [0.25, 0.3) is 0 Å². The van der Waals surface area contributed by atoms with Gasteiger partial charge in [0.2, 0.25) is 11.8 Å². The minimum Gasteiger partial charge on any atom is -0.352 e. The molecule has 10 heteroatoms. The molecule has 1 aliphatic rings. The molecule has 4 aromatic carbocycles. The molecule has 0 radical (unpaired) electrons. The zero-order valence-electron chi connectivity index (χ0n) is 25.4. The fraction of sp³-hybridized carbons (Fsp3) is 0.278. The van der Waals surface area contributed by atoms with Gasteiger partial charge in [-0.25, -0.2) is 8.42 Å². The van der Waals surface area contributed by atoms with E-state index in [2.05, 4.69) is 27.9 Å². The molecule has 240 valence electrons. The van der Waals surface area contributed by atoms with Gasteiger partial charge in [-0.3, -0.25) is 13.9 Å². The monoisotopic (exact) mass is 769 g/mol. The van der Waals surface area contributed by atoms with E-state index < -0.39 is 28.5 Å². The van der Waals surface area contributed by atoms with Crippen LogP contribution in [0.15, 0.2) is 114 Å². The number of amides is 2. The van der Waals surface area contributed by atoms with Crippen LogP contribution in [-0.4, -0.2) is 43.8 Å². The Balaban J connectivity index is 1.56. The second-order valence-electron chi connectivity index (χ2n) is 11.5. The van der Waals surface area contributed by atoms with Crippen LogP contribution in [0.3, 0.4) is 0 Å². The molecule has 1 aliphatic carbocycles. The van der Waals surface area contributed by atoms with Crippen LogP contribution >= 0.6 is 34.2 Å². The van der Waals surface area contributed by atoms with Gasteiger partial charge in [0.1, 0.15) is 12.6 Å². The van der Waals surface area contributed by atoms with Gasteiger partial charge in [0.15, 0.2) is 0 Å². The highest BCUT2D eigenvalue weighted by Crippen LogP contribution is 2.27. The molecule has 1 saturated carbocycles. The van der Waals surface area contributed by atoms with Crippen molar-refractivity contribution in [2.24, 2.45) is 0 Å². The Morgan fingerprint density at radius 1 is 0.826 bits per heavy atom. The minimum absolute atomic E-state index is 0.0264. The van der Waals surface area contributed by atoms with Crippen LogP contribution < -0.4 is 9.62 Å². The third kappa shape index (κ3) is 8.68. The fourth-order valence-corrected chi connectivity index (χ4v) is 7.75. The number of nitrogens with one attached hydrogen (secondary N) is 1. The van der Waals surface area contributed by atoms with Crippen molar-refractivity contribution in [3.63, 3.8) is 0 Å². The second kappa shape index (κ2) is 15.9. The first-order valence-corrected chi connectivity index (χ1v) is 18.3. The summed E-state index contributed by atoms with van der Waals surface area (Å²) in [6.07, 6.45) is 5.25. The number of sulfonamides is 1.